The minimum Gasteiger partial charge on any atom is -0.379 e. The highest BCUT2D eigenvalue weighted by Gasteiger charge is 2.17. The number of halogens is 1. The molecule has 1 heterocycles. The van der Waals surface area contributed by atoms with Crippen LogP contribution in [0.4, 0.5) is 11.4 Å². The summed E-state index contributed by atoms with van der Waals surface area (Å²) in [6.45, 7) is 0.508. The quantitative estimate of drug-likeness (QED) is 0.669. The number of nitro groups is 1. The van der Waals surface area contributed by atoms with Crippen molar-refractivity contribution in [2.45, 2.75) is 6.42 Å². The number of hydrogen-bond donors (Lipinski definition) is 1. The second-order valence-electron chi connectivity index (χ2n) is 3.93. The molecule has 2 rings (SSSR count). The monoisotopic (exact) mass is 281 g/mol. The zero-order valence-corrected chi connectivity index (χ0v) is 11.0. The Balaban J connectivity index is 2.06. The number of aromatic nitrogens is 3. The van der Waals surface area contributed by atoms with Gasteiger partial charge in [-0.25, -0.2) is 0 Å². The van der Waals surface area contributed by atoms with Gasteiger partial charge in [0, 0.05) is 20.0 Å². The van der Waals surface area contributed by atoms with E-state index in [1.807, 2.05) is 7.05 Å². The van der Waals surface area contributed by atoms with Gasteiger partial charge in [-0.2, -0.15) is 0 Å². The lowest BCUT2D eigenvalue weighted by Gasteiger charge is -2.07. The third kappa shape index (κ3) is 3.00. The number of nitro benzene ring substituents is 1. The van der Waals surface area contributed by atoms with Gasteiger partial charge in [0.15, 0.2) is 0 Å². The highest BCUT2D eigenvalue weighted by Crippen LogP contribution is 2.32. The maximum atomic E-state index is 10.9. The Bertz CT molecular complexity index is 599. The lowest BCUT2D eigenvalue weighted by Crippen LogP contribution is -2.10. The molecule has 0 bridgehead atoms. The molecule has 1 aromatic heterocycles. The summed E-state index contributed by atoms with van der Waals surface area (Å²) in [5.74, 6) is 0.803. The molecule has 0 aliphatic heterocycles. The van der Waals surface area contributed by atoms with Crippen LogP contribution in [0.15, 0.2) is 24.5 Å². The van der Waals surface area contributed by atoms with Gasteiger partial charge in [0.1, 0.15) is 22.9 Å². The number of nitrogens with one attached hydrogen (secondary N) is 1. The average Bonchev–Trinajstić information content (AvgIpc) is 2.75. The van der Waals surface area contributed by atoms with Gasteiger partial charge >= 0.3 is 5.69 Å². The van der Waals surface area contributed by atoms with Crippen molar-refractivity contribution in [2.24, 2.45) is 7.05 Å². The maximum absolute atomic E-state index is 10.9. The van der Waals surface area contributed by atoms with E-state index in [4.69, 9.17) is 11.6 Å². The second kappa shape index (κ2) is 5.66. The maximum Gasteiger partial charge on any atom is 0.310 e. The highest BCUT2D eigenvalue weighted by atomic mass is 35.5. The minimum atomic E-state index is -0.493. The third-order valence-electron chi connectivity index (χ3n) is 2.64. The molecule has 1 N–H and O–H groups in total. The van der Waals surface area contributed by atoms with E-state index in [1.165, 1.54) is 6.07 Å². The number of aryl methyl sites for hydroxylation is 1. The Hall–Kier alpha value is -2.15. The van der Waals surface area contributed by atoms with E-state index in [0.29, 0.717) is 18.7 Å². The second-order valence-corrected chi connectivity index (χ2v) is 4.34. The predicted octanol–water partition coefficient (Wildman–Crippen LogP) is 2.03. The summed E-state index contributed by atoms with van der Waals surface area (Å²) in [5, 5.41) is 21.8. The van der Waals surface area contributed by atoms with Crippen molar-refractivity contribution in [2.75, 3.05) is 11.9 Å². The van der Waals surface area contributed by atoms with E-state index in [0.717, 1.165) is 5.82 Å². The standard InChI is InChI=1S/C11H12ClN5O2/c1-16-7-14-15-10(16)5-6-13-9-4-2-3-8(12)11(9)17(18)19/h2-4,7,13H,5-6H2,1H3. The molecule has 100 valence electrons. The van der Waals surface area contributed by atoms with Crippen LogP contribution in [0.1, 0.15) is 5.82 Å². The number of anilines is 1. The van der Waals surface area contributed by atoms with Crippen LogP contribution < -0.4 is 5.32 Å². The lowest BCUT2D eigenvalue weighted by molar-refractivity contribution is -0.383. The van der Waals surface area contributed by atoms with E-state index >= 15 is 0 Å². The first-order valence-electron chi connectivity index (χ1n) is 5.59. The normalized spacial score (nSPS) is 10.4. The molecule has 19 heavy (non-hydrogen) atoms. The number of nitrogens with zero attached hydrogens (tertiary/aromatic N) is 4. The summed E-state index contributed by atoms with van der Waals surface area (Å²) in [7, 11) is 1.84. The van der Waals surface area contributed by atoms with Gasteiger partial charge in [0.05, 0.1) is 4.92 Å². The fraction of sp³-hybridized carbons (Fsp3) is 0.273. The molecule has 0 aliphatic carbocycles. The molecule has 0 atom stereocenters. The van der Waals surface area contributed by atoms with Crippen LogP contribution in [-0.4, -0.2) is 26.2 Å². The van der Waals surface area contributed by atoms with Crippen molar-refractivity contribution in [3.63, 3.8) is 0 Å². The van der Waals surface area contributed by atoms with Crippen molar-refractivity contribution in [1.29, 1.82) is 0 Å². The van der Waals surface area contributed by atoms with Crippen molar-refractivity contribution in [3.05, 3.63) is 45.5 Å². The predicted molar refractivity (Wildman–Crippen MR) is 71.3 cm³/mol. The molecule has 1 aromatic carbocycles. The molecular formula is C11H12ClN5O2. The summed E-state index contributed by atoms with van der Waals surface area (Å²) >= 11 is 5.82. The first kappa shape index (κ1) is 13.3. The molecule has 0 aliphatic rings. The van der Waals surface area contributed by atoms with E-state index in [9.17, 15) is 10.1 Å². The smallest absolute Gasteiger partial charge is 0.310 e. The number of rotatable bonds is 5. The third-order valence-corrected chi connectivity index (χ3v) is 2.94. The fourth-order valence-electron chi connectivity index (χ4n) is 1.69. The lowest BCUT2D eigenvalue weighted by atomic mass is 10.2. The topological polar surface area (TPSA) is 85.9 Å². The van der Waals surface area contributed by atoms with Crippen molar-refractivity contribution in [1.82, 2.24) is 14.8 Å². The Morgan fingerprint density at radius 1 is 1.53 bits per heavy atom. The zero-order chi connectivity index (χ0) is 13.8. The summed E-state index contributed by atoms with van der Waals surface area (Å²) in [5.41, 5.74) is 0.293. The van der Waals surface area contributed by atoms with Crippen LogP contribution in [-0.2, 0) is 13.5 Å². The largest absolute Gasteiger partial charge is 0.379 e. The first-order valence-corrected chi connectivity index (χ1v) is 5.97. The van der Waals surface area contributed by atoms with Gasteiger partial charge in [-0.05, 0) is 12.1 Å². The summed E-state index contributed by atoms with van der Waals surface area (Å²) < 4.78 is 1.80. The molecule has 7 nitrogen and oxygen atoms in total. The summed E-state index contributed by atoms with van der Waals surface area (Å²) in [6, 6.07) is 4.79. The average molecular weight is 282 g/mol. The molecule has 0 fully saturated rings. The molecular weight excluding hydrogens is 270 g/mol. The van der Waals surface area contributed by atoms with Crippen LogP contribution in [0.3, 0.4) is 0 Å². The van der Waals surface area contributed by atoms with E-state index in [-0.39, 0.29) is 10.7 Å². The van der Waals surface area contributed by atoms with Gasteiger partial charge in [-0.1, -0.05) is 17.7 Å². The molecule has 0 unspecified atom stereocenters. The molecule has 0 amide bonds. The van der Waals surface area contributed by atoms with Gasteiger partial charge in [0.25, 0.3) is 0 Å². The van der Waals surface area contributed by atoms with Gasteiger partial charge in [-0.15, -0.1) is 10.2 Å². The first-order chi connectivity index (χ1) is 9.09. The van der Waals surface area contributed by atoms with Crippen molar-refractivity contribution in [3.8, 4) is 0 Å². The van der Waals surface area contributed by atoms with Crippen LogP contribution in [0, 0.1) is 10.1 Å². The molecule has 0 spiro atoms. The van der Waals surface area contributed by atoms with Crippen LogP contribution >= 0.6 is 11.6 Å². The Morgan fingerprint density at radius 2 is 2.32 bits per heavy atom. The van der Waals surface area contributed by atoms with Crippen molar-refractivity contribution < 1.29 is 4.92 Å². The van der Waals surface area contributed by atoms with Crippen molar-refractivity contribution >= 4 is 23.0 Å². The molecule has 0 saturated heterocycles. The van der Waals surface area contributed by atoms with Crippen LogP contribution in [0.25, 0.3) is 0 Å². The molecule has 2 aromatic rings. The minimum absolute atomic E-state index is 0.109. The van der Waals surface area contributed by atoms with E-state index < -0.39 is 4.92 Å². The van der Waals surface area contributed by atoms with E-state index in [1.54, 1.807) is 23.0 Å². The number of hydrogen-bond acceptors (Lipinski definition) is 5. The Kier molecular flexibility index (Phi) is 3.96. The molecule has 8 heteroatoms. The highest BCUT2D eigenvalue weighted by molar-refractivity contribution is 6.33. The van der Waals surface area contributed by atoms with Crippen LogP contribution in [0.5, 0.6) is 0 Å². The fourth-order valence-corrected chi connectivity index (χ4v) is 1.93. The number of para-hydroxylation sites is 1. The van der Waals surface area contributed by atoms with E-state index in [2.05, 4.69) is 15.5 Å². The van der Waals surface area contributed by atoms with Gasteiger partial charge < -0.3 is 9.88 Å². The molecule has 0 saturated carbocycles. The SMILES string of the molecule is Cn1cnnc1CCNc1cccc(Cl)c1[N+](=O)[O-]. The summed E-state index contributed by atoms with van der Waals surface area (Å²) in [4.78, 5) is 10.5. The Labute approximate surface area is 114 Å². The zero-order valence-electron chi connectivity index (χ0n) is 10.2. The van der Waals surface area contributed by atoms with Gasteiger partial charge in [-0.3, -0.25) is 10.1 Å². The van der Waals surface area contributed by atoms with Gasteiger partial charge in [0.2, 0.25) is 0 Å². The number of benzene rings is 1. The Morgan fingerprint density at radius 3 is 2.95 bits per heavy atom. The molecule has 0 radical (unpaired) electrons. The summed E-state index contributed by atoms with van der Waals surface area (Å²) in [6.07, 6.45) is 2.22. The van der Waals surface area contributed by atoms with Crippen LogP contribution in [0.2, 0.25) is 5.02 Å².